The largest absolute Gasteiger partial charge is 0.398 e. The summed E-state index contributed by atoms with van der Waals surface area (Å²) < 4.78 is 0. The number of nitrogens with two attached hydrogens (primary N) is 1. The van der Waals surface area contributed by atoms with E-state index in [1.807, 2.05) is 26.0 Å². The second-order valence-corrected chi connectivity index (χ2v) is 5.31. The molecular formula is C16H26N2O. The van der Waals surface area contributed by atoms with Gasteiger partial charge in [-0.15, -0.1) is 0 Å². The molecule has 106 valence electrons. The minimum absolute atomic E-state index is 0.0690. The zero-order chi connectivity index (χ0) is 14.3. The molecule has 1 aromatic carbocycles. The highest BCUT2D eigenvalue weighted by molar-refractivity contribution is 5.99. The Bertz CT molecular complexity index is 415. The lowest BCUT2D eigenvalue weighted by molar-refractivity contribution is 0.0939. The summed E-state index contributed by atoms with van der Waals surface area (Å²) in [6.07, 6.45) is 5.94. The fraction of sp³-hybridized carbons (Fsp3) is 0.562. The number of nitrogen functional groups attached to an aromatic ring is 1. The van der Waals surface area contributed by atoms with Crippen molar-refractivity contribution in [3.63, 3.8) is 0 Å². The summed E-state index contributed by atoms with van der Waals surface area (Å²) in [6, 6.07) is 5.74. The normalized spacial score (nSPS) is 12.2. The number of benzene rings is 1. The lowest BCUT2D eigenvalue weighted by Gasteiger charge is -2.15. The average Bonchev–Trinajstić information content (AvgIpc) is 2.34. The minimum atomic E-state index is -0.0690. The van der Waals surface area contributed by atoms with Gasteiger partial charge >= 0.3 is 0 Å². The van der Waals surface area contributed by atoms with Crippen LogP contribution in [-0.4, -0.2) is 11.9 Å². The molecular weight excluding hydrogens is 236 g/mol. The fourth-order valence-electron chi connectivity index (χ4n) is 2.14. The molecule has 1 atom stereocenters. The van der Waals surface area contributed by atoms with Crippen LogP contribution in [0.3, 0.4) is 0 Å². The molecule has 0 aliphatic heterocycles. The van der Waals surface area contributed by atoms with Crippen LogP contribution in [0, 0.1) is 6.92 Å². The Kier molecular flexibility index (Phi) is 6.40. The number of aryl methyl sites for hydroxylation is 1. The predicted octanol–water partition coefficient (Wildman–Crippen LogP) is 3.67. The van der Waals surface area contributed by atoms with Crippen molar-refractivity contribution in [2.75, 3.05) is 5.73 Å². The van der Waals surface area contributed by atoms with Crippen LogP contribution in [0.5, 0.6) is 0 Å². The van der Waals surface area contributed by atoms with Crippen molar-refractivity contribution < 1.29 is 4.79 Å². The van der Waals surface area contributed by atoms with Gasteiger partial charge in [-0.3, -0.25) is 4.79 Å². The molecule has 1 rings (SSSR count). The van der Waals surface area contributed by atoms with Crippen LogP contribution in [0.15, 0.2) is 18.2 Å². The van der Waals surface area contributed by atoms with Crippen LogP contribution >= 0.6 is 0 Å². The molecule has 1 unspecified atom stereocenters. The molecule has 3 heteroatoms. The molecule has 1 aromatic rings. The van der Waals surface area contributed by atoms with E-state index < -0.39 is 0 Å². The molecule has 0 saturated carbocycles. The van der Waals surface area contributed by atoms with Crippen molar-refractivity contribution in [2.24, 2.45) is 0 Å². The molecule has 3 N–H and O–H groups in total. The first kappa shape index (κ1) is 15.5. The average molecular weight is 262 g/mol. The number of hydrogen-bond acceptors (Lipinski definition) is 2. The standard InChI is InChI=1S/C16H26N2O/c1-4-5-6-7-8-13(3)18-16(19)14-10-9-12(2)11-15(14)17/h9-11,13H,4-8,17H2,1-3H3,(H,18,19). The Hall–Kier alpha value is -1.51. The molecule has 0 aliphatic rings. The van der Waals surface area contributed by atoms with Gasteiger partial charge in [-0.25, -0.2) is 0 Å². The van der Waals surface area contributed by atoms with Gasteiger partial charge in [-0.05, 0) is 38.0 Å². The highest BCUT2D eigenvalue weighted by Gasteiger charge is 2.12. The van der Waals surface area contributed by atoms with Crippen LogP contribution in [0.25, 0.3) is 0 Å². The maximum absolute atomic E-state index is 12.1. The molecule has 19 heavy (non-hydrogen) atoms. The summed E-state index contributed by atoms with van der Waals surface area (Å²) in [5, 5.41) is 3.01. The van der Waals surface area contributed by atoms with Crippen molar-refractivity contribution in [1.82, 2.24) is 5.32 Å². The van der Waals surface area contributed by atoms with E-state index in [0.717, 1.165) is 12.0 Å². The first-order valence-electron chi connectivity index (χ1n) is 7.21. The monoisotopic (exact) mass is 262 g/mol. The Balaban J connectivity index is 2.45. The Morgan fingerprint density at radius 1 is 1.32 bits per heavy atom. The number of anilines is 1. The zero-order valence-electron chi connectivity index (χ0n) is 12.3. The molecule has 0 radical (unpaired) electrons. The predicted molar refractivity (Wildman–Crippen MR) is 81.3 cm³/mol. The van der Waals surface area contributed by atoms with Gasteiger partial charge in [0.25, 0.3) is 5.91 Å². The maximum Gasteiger partial charge on any atom is 0.253 e. The SMILES string of the molecule is CCCCCCC(C)NC(=O)c1ccc(C)cc1N. The number of carbonyl (C=O) groups excluding carboxylic acids is 1. The topological polar surface area (TPSA) is 55.1 Å². The van der Waals surface area contributed by atoms with Gasteiger partial charge in [0.05, 0.1) is 5.56 Å². The molecule has 0 fully saturated rings. The van der Waals surface area contributed by atoms with E-state index in [9.17, 15) is 4.79 Å². The number of unbranched alkanes of at least 4 members (excludes halogenated alkanes) is 3. The van der Waals surface area contributed by atoms with Gasteiger partial charge in [0.15, 0.2) is 0 Å². The van der Waals surface area contributed by atoms with Gasteiger partial charge in [0.2, 0.25) is 0 Å². The van der Waals surface area contributed by atoms with Crippen LogP contribution in [0.1, 0.15) is 61.9 Å². The molecule has 0 heterocycles. The number of carbonyl (C=O) groups is 1. The third kappa shape index (κ3) is 5.33. The van der Waals surface area contributed by atoms with Crippen molar-refractivity contribution >= 4 is 11.6 Å². The number of hydrogen-bond donors (Lipinski definition) is 2. The Labute approximate surface area is 116 Å². The number of amides is 1. The minimum Gasteiger partial charge on any atom is -0.398 e. The maximum atomic E-state index is 12.1. The van der Waals surface area contributed by atoms with Crippen molar-refractivity contribution in [1.29, 1.82) is 0 Å². The molecule has 0 aliphatic carbocycles. The summed E-state index contributed by atoms with van der Waals surface area (Å²) in [6.45, 7) is 6.22. The van der Waals surface area contributed by atoms with E-state index in [1.165, 1.54) is 25.7 Å². The fourth-order valence-corrected chi connectivity index (χ4v) is 2.14. The number of rotatable bonds is 7. The molecule has 0 bridgehead atoms. The molecule has 0 aromatic heterocycles. The quantitative estimate of drug-likeness (QED) is 0.582. The van der Waals surface area contributed by atoms with Gasteiger partial charge in [0, 0.05) is 11.7 Å². The second-order valence-electron chi connectivity index (χ2n) is 5.31. The molecule has 1 amide bonds. The Morgan fingerprint density at radius 3 is 2.68 bits per heavy atom. The summed E-state index contributed by atoms with van der Waals surface area (Å²) in [7, 11) is 0. The van der Waals surface area contributed by atoms with Crippen molar-refractivity contribution in [2.45, 2.75) is 58.9 Å². The molecule has 0 spiro atoms. The van der Waals surface area contributed by atoms with Crippen LogP contribution < -0.4 is 11.1 Å². The van der Waals surface area contributed by atoms with Crippen LogP contribution in [0.2, 0.25) is 0 Å². The van der Waals surface area contributed by atoms with Gasteiger partial charge in [0.1, 0.15) is 0 Å². The Morgan fingerprint density at radius 2 is 2.05 bits per heavy atom. The van der Waals surface area contributed by atoms with Crippen LogP contribution in [0.4, 0.5) is 5.69 Å². The smallest absolute Gasteiger partial charge is 0.253 e. The zero-order valence-corrected chi connectivity index (χ0v) is 12.3. The van der Waals surface area contributed by atoms with Gasteiger partial charge in [-0.1, -0.05) is 38.7 Å². The molecule has 3 nitrogen and oxygen atoms in total. The summed E-state index contributed by atoms with van der Waals surface area (Å²) >= 11 is 0. The molecule has 0 saturated heterocycles. The highest BCUT2D eigenvalue weighted by Crippen LogP contribution is 2.14. The summed E-state index contributed by atoms with van der Waals surface area (Å²) in [4.78, 5) is 12.1. The first-order valence-corrected chi connectivity index (χ1v) is 7.21. The third-order valence-electron chi connectivity index (χ3n) is 3.32. The summed E-state index contributed by atoms with van der Waals surface area (Å²) in [5.41, 5.74) is 8.07. The van der Waals surface area contributed by atoms with E-state index in [1.54, 1.807) is 6.07 Å². The van der Waals surface area contributed by atoms with Crippen molar-refractivity contribution in [3.05, 3.63) is 29.3 Å². The lowest BCUT2D eigenvalue weighted by atomic mass is 10.1. The number of nitrogens with one attached hydrogen (secondary N) is 1. The van der Waals surface area contributed by atoms with E-state index in [-0.39, 0.29) is 11.9 Å². The highest BCUT2D eigenvalue weighted by atomic mass is 16.1. The van der Waals surface area contributed by atoms with Crippen molar-refractivity contribution in [3.8, 4) is 0 Å². The van der Waals surface area contributed by atoms with E-state index in [4.69, 9.17) is 5.73 Å². The second kappa shape index (κ2) is 7.82. The first-order chi connectivity index (χ1) is 9.04. The van der Waals surface area contributed by atoms with Crippen LogP contribution in [-0.2, 0) is 0 Å². The van der Waals surface area contributed by atoms with Gasteiger partial charge < -0.3 is 11.1 Å². The van der Waals surface area contributed by atoms with E-state index >= 15 is 0 Å². The lowest BCUT2D eigenvalue weighted by Crippen LogP contribution is -2.32. The van der Waals surface area contributed by atoms with E-state index in [2.05, 4.69) is 12.2 Å². The summed E-state index contributed by atoms with van der Waals surface area (Å²) in [5.74, 6) is -0.0690. The van der Waals surface area contributed by atoms with Gasteiger partial charge in [-0.2, -0.15) is 0 Å². The third-order valence-corrected chi connectivity index (χ3v) is 3.32. The van der Waals surface area contributed by atoms with E-state index in [0.29, 0.717) is 11.3 Å².